The maximum Gasteiger partial charge on any atom is 0.331 e. The predicted molar refractivity (Wildman–Crippen MR) is 101 cm³/mol. The van der Waals surface area contributed by atoms with Gasteiger partial charge in [0.15, 0.2) is 18.1 Å². The smallest absolute Gasteiger partial charge is 0.331 e. The van der Waals surface area contributed by atoms with E-state index in [9.17, 15) is 14.4 Å². The van der Waals surface area contributed by atoms with Crippen molar-refractivity contribution in [2.45, 2.75) is 12.8 Å². The Labute approximate surface area is 164 Å². The highest BCUT2D eigenvalue weighted by Gasteiger charge is 2.28. The third kappa shape index (κ3) is 5.48. The van der Waals surface area contributed by atoms with E-state index in [0.717, 1.165) is 0 Å². The van der Waals surface area contributed by atoms with Gasteiger partial charge in [-0.1, -0.05) is 12.1 Å². The number of benzene rings is 1. The van der Waals surface area contributed by atoms with Crippen molar-refractivity contribution in [2.24, 2.45) is 5.92 Å². The third-order valence-corrected chi connectivity index (χ3v) is 4.55. The van der Waals surface area contributed by atoms with E-state index in [1.54, 1.807) is 23.1 Å². The molecule has 28 heavy (non-hydrogen) atoms. The van der Waals surface area contributed by atoms with Gasteiger partial charge in [0.05, 0.1) is 27.2 Å². The molecule has 8 nitrogen and oxygen atoms in total. The van der Waals surface area contributed by atoms with Crippen LogP contribution >= 0.6 is 0 Å². The largest absolute Gasteiger partial charge is 0.493 e. The maximum absolute atomic E-state index is 12.2. The van der Waals surface area contributed by atoms with Crippen molar-refractivity contribution in [1.29, 1.82) is 0 Å². The normalized spacial score (nSPS) is 14.6. The summed E-state index contributed by atoms with van der Waals surface area (Å²) in [4.78, 5) is 37.2. The number of likely N-dealkylation sites (tertiary alicyclic amines) is 1. The zero-order valence-electron chi connectivity index (χ0n) is 16.3. The molecule has 0 bridgehead atoms. The summed E-state index contributed by atoms with van der Waals surface area (Å²) in [5, 5.41) is 0. The Hall–Kier alpha value is -3.03. The summed E-state index contributed by atoms with van der Waals surface area (Å²) in [5.41, 5.74) is 0.648. The van der Waals surface area contributed by atoms with E-state index >= 15 is 0 Å². The second-order valence-electron chi connectivity index (χ2n) is 6.20. The molecule has 0 unspecified atom stereocenters. The molecule has 1 amide bonds. The van der Waals surface area contributed by atoms with Gasteiger partial charge in [0.1, 0.15) is 0 Å². The summed E-state index contributed by atoms with van der Waals surface area (Å²) < 4.78 is 20.2. The molecular formula is C20H25NO7. The van der Waals surface area contributed by atoms with Gasteiger partial charge < -0.3 is 23.8 Å². The number of hydrogen-bond acceptors (Lipinski definition) is 7. The Morgan fingerprint density at radius 3 is 2.43 bits per heavy atom. The molecule has 0 spiro atoms. The van der Waals surface area contributed by atoms with Crippen LogP contribution in [0.2, 0.25) is 0 Å². The number of esters is 2. The SMILES string of the molecule is COC(=O)C1CCN(C(=O)COC(=O)/C=C/c2cccc(OC)c2OC)CC1. The number of methoxy groups -OCH3 is 3. The maximum atomic E-state index is 12.2. The Morgan fingerprint density at radius 1 is 1.11 bits per heavy atom. The van der Waals surface area contributed by atoms with Crippen LogP contribution in [0.25, 0.3) is 6.08 Å². The summed E-state index contributed by atoms with van der Waals surface area (Å²) in [6.07, 6.45) is 3.86. The number of carbonyl (C=O) groups excluding carboxylic acids is 3. The minimum absolute atomic E-state index is 0.183. The van der Waals surface area contributed by atoms with Crippen molar-refractivity contribution in [3.8, 4) is 11.5 Å². The highest BCUT2D eigenvalue weighted by Crippen LogP contribution is 2.31. The van der Waals surface area contributed by atoms with Gasteiger partial charge in [-0.3, -0.25) is 9.59 Å². The molecule has 0 aromatic heterocycles. The second-order valence-corrected chi connectivity index (χ2v) is 6.20. The van der Waals surface area contributed by atoms with Gasteiger partial charge in [-0.05, 0) is 25.0 Å². The first-order valence-electron chi connectivity index (χ1n) is 8.91. The number of ether oxygens (including phenoxy) is 4. The zero-order chi connectivity index (χ0) is 20.5. The van der Waals surface area contributed by atoms with Crippen LogP contribution in [0, 0.1) is 5.92 Å². The number of piperidine rings is 1. The molecule has 0 radical (unpaired) electrons. The lowest BCUT2D eigenvalue weighted by molar-refractivity contribution is -0.151. The molecule has 0 atom stereocenters. The fraction of sp³-hybridized carbons (Fsp3) is 0.450. The van der Waals surface area contributed by atoms with Crippen LogP contribution < -0.4 is 9.47 Å². The molecule has 1 heterocycles. The molecule has 0 aliphatic carbocycles. The van der Waals surface area contributed by atoms with Crippen molar-refractivity contribution in [3.63, 3.8) is 0 Å². The van der Waals surface area contributed by atoms with Gasteiger partial charge >= 0.3 is 11.9 Å². The molecule has 1 aliphatic heterocycles. The Kier molecular flexibility index (Phi) is 7.86. The molecule has 2 rings (SSSR count). The van der Waals surface area contributed by atoms with Crippen LogP contribution in [0.1, 0.15) is 18.4 Å². The van der Waals surface area contributed by atoms with Crippen LogP contribution in [0.15, 0.2) is 24.3 Å². The number of hydrogen-bond donors (Lipinski definition) is 0. The van der Waals surface area contributed by atoms with Gasteiger partial charge in [0, 0.05) is 24.7 Å². The van der Waals surface area contributed by atoms with Gasteiger partial charge in [-0.25, -0.2) is 4.79 Å². The number of carbonyl (C=O) groups is 3. The molecule has 0 N–H and O–H groups in total. The van der Waals surface area contributed by atoms with Crippen molar-refractivity contribution in [3.05, 3.63) is 29.8 Å². The summed E-state index contributed by atoms with van der Waals surface area (Å²) in [6.45, 7) is 0.529. The first kappa shape index (κ1) is 21.3. The van der Waals surface area contributed by atoms with E-state index in [4.69, 9.17) is 18.9 Å². The van der Waals surface area contributed by atoms with E-state index in [0.29, 0.717) is 43.0 Å². The average molecular weight is 391 g/mol. The fourth-order valence-electron chi connectivity index (χ4n) is 3.00. The number of nitrogens with zero attached hydrogens (tertiary/aromatic N) is 1. The quantitative estimate of drug-likeness (QED) is 0.516. The number of amides is 1. The van der Waals surface area contributed by atoms with E-state index in [-0.39, 0.29) is 24.4 Å². The molecule has 1 aliphatic rings. The van der Waals surface area contributed by atoms with E-state index in [2.05, 4.69) is 0 Å². The van der Waals surface area contributed by atoms with Crippen LogP contribution in [0.4, 0.5) is 0 Å². The first-order chi connectivity index (χ1) is 13.5. The lowest BCUT2D eigenvalue weighted by Gasteiger charge is -2.30. The van der Waals surface area contributed by atoms with Gasteiger partial charge in [0.2, 0.25) is 0 Å². The molecular weight excluding hydrogens is 366 g/mol. The Bertz CT molecular complexity index is 736. The second kappa shape index (κ2) is 10.3. The Morgan fingerprint density at radius 2 is 1.82 bits per heavy atom. The van der Waals surface area contributed by atoms with E-state index < -0.39 is 5.97 Å². The highest BCUT2D eigenvalue weighted by molar-refractivity contribution is 5.90. The third-order valence-electron chi connectivity index (χ3n) is 4.55. The summed E-state index contributed by atoms with van der Waals surface area (Å²) in [5.74, 6) is -0.317. The van der Waals surface area contributed by atoms with Crippen molar-refractivity contribution in [1.82, 2.24) is 4.90 Å². The minimum atomic E-state index is -0.636. The number of para-hydroxylation sites is 1. The number of rotatable bonds is 7. The molecule has 1 saturated heterocycles. The van der Waals surface area contributed by atoms with E-state index in [1.807, 2.05) is 0 Å². The topological polar surface area (TPSA) is 91.4 Å². The van der Waals surface area contributed by atoms with Gasteiger partial charge in [-0.15, -0.1) is 0 Å². The molecule has 8 heteroatoms. The minimum Gasteiger partial charge on any atom is -0.493 e. The van der Waals surface area contributed by atoms with E-state index in [1.165, 1.54) is 33.5 Å². The van der Waals surface area contributed by atoms with Crippen LogP contribution in [-0.2, 0) is 23.9 Å². The van der Waals surface area contributed by atoms with Crippen molar-refractivity contribution < 1.29 is 33.3 Å². The van der Waals surface area contributed by atoms with Crippen LogP contribution in [0.3, 0.4) is 0 Å². The highest BCUT2D eigenvalue weighted by atomic mass is 16.5. The standard InChI is InChI=1S/C20H25NO7/c1-25-16-6-4-5-14(19(16)26-2)7-8-18(23)28-13-17(22)21-11-9-15(10-12-21)20(24)27-3/h4-8,15H,9-13H2,1-3H3/b8-7+. The van der Waals surface area contributed by atoms with Gasteiger partial charge in [0.25, 0.3) is 5.91 Å². The molecule has 1 aromatic rings. The first-order valence-corrected chi connectivity index (χ1v) is 8.91. The molecule has 1 aromatic carbocycles. The average Bonchev–Trinajstić information content (AvgIpc) is 2.74. The lowest BCUT2D eigenvalue weighted by Crippen LogP contribution is -2.42. The summed E-state index contributed by atoms with van der Waals surface area (Å²) in [6, 6.07) is 5.28. The van der Waals surface area contributed by atoms with Crippen molar-refractivity contribution in [2.75, 3.05) is 41.0 Å². The Balaban J connectivity index is 1.84. The molecule has 1 fully saturated rings. The zero-order valence-corrected chi connectivity index (χ0v) is 16.3. The molecule has 0 saturated carbocycles. The van der Waals surface area contributed by atoms with Gasteiger partial charge in [-0.2, -0.15) is 0 Å². The monoisotopic (exact) mass is 391 g/mol. The summed E-state index contributed by atoms with van der Waals surface area (Å²) in [7, 11) is 4.39. The van der Waals surface area contributed by atoms with Crippen LogP contribution in [-0.4, -0.2) is 63.8 Å². The van der Waals surface area contributed by atoms with Crippen LogP contribution in [0.5, 0.6) is 11.5 Å². The molecule has 152 valence electrons. The van der Waals surface area contributed by atoms with Crippen molar-refractivity contribution >= 4 is 23.9 Å². The lowest BCUT2D eigenvalue weighted by atomic mass is 9.97. The predicted octanol–water partition coefficient (Wildman–Crippen LogP) is 1.67. The fourth-order valence-corrected chi connectivity index (χ4v) is 3.00. The summed E-state index contributed by atoms with van der Waals surface area (Å²) >= 11 is 0.